The van der Waals surface area contributed by atoms with Gasteiger partial charge in [0.05, 0.1) is 0 Å². The minimum absolute atomic E-state index is 0.446. The quantitative estimate of drug-likeness (QED) is 0.927. The molecule has 1 aromatic rings. The Kier molecular flexibility index (Phi) is 5.21. The maximum absolute atomic E-state index is 12.2. The van der Waals surface area contributed by atoms with Crippen LogP contribution in [-0.4, -0.2) is 32.4 Å². The number of rotatable bonds is 4. The number of nitrogens with two attached hydrogens (primary N) is 1. The van der Waals surface area contributed by atoms with E-state index >= 15 is 0 Å². The molecule has 1 fully saturated rings. The van der Waals surface area contributed by atoms with E-state index in [-0.39, 0.29) is 0 Å². The van der Waals surface area contributed by atoms with Gasteiger partial charge in [-0.15, -0.1) is 0 Å². The van der Waals surface area contributed by atoms with Crippen LogP contribution in [0.1, 0.15) is 18.4 Å². The van der Waals surface area contributed by atoms with E-state index in [1.807, 2.05) is 0 Å². The summed E-state index contributed by atoms with van der Waals surface area (Å²) in [6.07, 6.45) is 3.27. The summed E-state index contributed by atoms with van der Waals surface area (Å²) in [6.45, 7) is 1.73. The maximum atomic E-state index is 12.2. The first-order valence-corrected chi connectivity index (χ1v) is 8.53. The second-order valence-electron chi connectivity index (χ2n) is 4.98. The van der Waals surface area contributed by atoms with Crippen molar-refractivity contribution in [2.24, 2.45) is 11.7 Å². The van der Waals surface area contributed by atoms with Gasteiger partial charge in [0.2, 0.25) is 10.0 Å². The highest BCUT2D eigenvalue weighted by atomic mass is 35.5. The molecule has 0 aliphatic carbocycles. The molecule has 0 bridgehead atoms. The summed E-state index contributed by atoms with van der Waals surface area (Å²) >= 11 is 5.79. The lowest BCUT2D eigenvalue weighted by Crippen LogP contribution is -2.39. The van der Waals surface area contributed by atoms with Crippen molar-refractivity contribution in [1.82, 2.24) is 4.31 Å². The number of benzene rings is 1. The molecule has 1 aliphatic heterocycles. The van der Waals surface area contributed by atoms with Crippen molar-refractivity contribution in [1.29, 1.82) is 0 Å². The number of piperidine rings is 1. The zero-order chi connectivity index (χ0) is 14.6. The van der Waals surface area contributed by atoms with Crippen molar-refractivity contribution in [3.05, 3.63) is 40.3 Å². The molecule has 0 aromatic heterocycles. The number of hydrogen-bond acceptors (Lipinski definition) is 3. The molecule has 2 rings (SSSR count). The lowest BCUT2D eigenvalue weighted by atomic mass is 9.99. The van der Waals surface area contributed by atoms with E-state index in [0.717, 1.165) is 18.4 Å². The van der Waals surface area contributed by atoms with Crippen LogP contribution in [0, 0.1) is 5.92 Å². The van der Waals surface area contributed by atoms with Crippen LogP contribution in [0.15, 0.2) is 29.7 Å². The van der Waals surface area contributed by atoms with Crippen LogP contribution < -0.4 is 5.73 Å². The van der Waals surface area contributed by atoms with E-state index < -0.39 is 10.0 Å². The Morgan fingerprint density at radius 1 is 1.25 bits per heavy atom. The van der Waals surface area contributed by atoms with Gasteiger partial charge < -0.3 is 5.73 Å². The van der Waals surface area contributed by atoms with Crippen LogP contribution in [0.3, 0.4) is 0 Å². The third kappa shape index (κ3) is 4.06. The van der Waals surface area contributed by atoms with E-state index in [1.165, 1.54) is 9.71 Å². The van der Waals surface area contributed by atoms with Gasteiger partial charge in [0.25, 0.3) is 0 Å². The minimum atomic E-state index is -3.34. The van der Waals surface area contributed by atoms with Gasteiger partial charge in [-0.2, -0.15) is 4.31 Å². The Labute approximate surface area is 125 Å². The van der Waals surface area contributed by atoms with E-state index in [2.05, 4.69) is 0 Å². The summed E-state index contributed by atoms with van der Waals surface area (Å²) < 4.78 is 25.9. The van der Waals surface area contributed by atoms with E-state index in [1.54, 1.807) is 30.3 Å². The molecule has 1 aliphatic rings. The molecular formula is C14H19ClN2O2S. The normalized spacial score (nSPS) is 18.7. The highest BCUT2D eigenvalue weighted by Crippen LogP contribution is 2.20. The van der Waals surface area contributed by atoms with Crippen molar-refractivity contribution in [2.75, 3.05) is 19.6 Å². The highest BCUT2D eigenvalue weighted by molar-refractivity contribution is 7.92. The molecule has 4 nitrogen and oxygen atoms in total. The van der Waals surface area contributed by atoms with Crippen LogP contribution in [0.2, 0.25) is 5.02 Å². The van der Waals surface area contributed by atoms with E-state index in [9.17, 15) is 8.42 Å². The van der Waals surface area contributed by atoms with Gasteiger partial charge in [0, 0.05) is 23.5 Å². The third-order valence-corrected chi connectivity index (χ3v) is 5.39. The SMILES string of the molecule is NCC1CCN(S(=O)(=O)/C=C/c2ccc(Cl)cc2)CC1. The Morgan fingerprint density at radius 3 is 2.40 bits per heavy atom. The molecule has 110 valence electrons. The van der Waals surface area contributed by atoms with Gasteiger partial charge in [-0.1, -0.05) is 23.7 Å². The van der Waals surface area contributed by atoms with Crippen molar-refractivity contribution in [3.63, 3.8) is 0 Å². The Balaban J connectivity index is 2.02. The van der Waals surface area contributed by atoms with Crippen LogP contribution in [0.4, 0.5) is 0 Å². The van der Waals surface area contributed by atoms with E-state index in [4.69, 9.17) is 17.3 Å². The molecule has 0 saturated carbocycles. The van der Waals surface area contributed by atoms with E-state index in [0.29, 0.717) is 30.6 Å². The first-order chi connectivity index (χ1) is 9.51. The Hall–Kier alpha value is -0.880. The van der Waals surface area contributed by atoms with Crippen molar-refractivity contribution in [3.8, 4) is 0 Å². The summed E-state index contributed by atoms with van der Waals surface area (Å²) in [5.74, 6) is 0.446. The first-order valence-electron chi connectivity index (χ1n) is 6.65. The lowest BCUT2D eigenvalue weighted by molar-refractivity contribution is 0.281. The second kappa shape index (κ2) is 6.72. The molecule has 20 heavy (non-hydrogen) atoms. The van der Waals surface area contributed by atoms with Gasteiger partial charge in [0.1, 0.15) is 0 Å². The molecule has 6 heteroatoms. The van der Waals surface area contributed by atoms with Crippen LogP contribution >= 0.6 is 11.6 Å². The fourth-order valence-corrected chi connectivity index (χ4v) is 3.57. The van der Waals surface area contributed by atoms with Crippen LogP contribution in [0.5, 0.6) is 0 Å². The molecule has 1 heterocycles. The standard InChI is InChI=1S/C14H19ClN2O2S/c15-14-3-1-12(2-4-14)7-10-20(18,19)17-8-5-13(11-16)6-9-17/h1-4,7,10,13H,5-6,8-9,11,16H2/b10-7+. The summed E-state index contributed by atoms with van der Waals surface area (Å²) in [5, 5.41) is 1.90. The largest absolute Gasteiger partial charge is 0.330 e. The summed E-state index contributed by atoms with van der Waals surface area (Å²) in [6, 6.07) is 7.05. The van der Waals surface area contributed by atoms with Gasteiger partial charge >= 0.3 is 0 Å². The smallest absolute Gasteiger partial charge is 0.236 e. The Bertz CT molecular complexity index is 561. The molecule has 0 unspecified atom stereocenters. The third-order valence-electron chi connectivity index (χ3n) is 3.57. The number of hydrogen-bond donors (Lipinski definition) is 1. The van der Waals surface area contributed by atoms with Crippen LogP contribution in [-0.2, 0) is 10.0 Å². The fourth-order valence-electron chi connectivity index (χ4n) is 2.22. The predicted molar refractivity (Wildman–Crippen MR) is 82.8 cm³/mol. The van der Waals surface area contributed by atoms with Gasteiger partial charge in [-0.3, -0.25) is 0 Å². The second-order valence-corrected chi connectivity index (χ2v) is 7.23. The van der Waals surface area contributed by atoms with Crippen molar-refractivity contribution in [2.45, 2.75) is 12.8 Å². The van der Waals surface area contributed by atoms with Gasteiger partial charge in [-0.25, -0.2) is 8.42 Å². The maximum Gasteiger partial charge on any atom is 0.236 e. The molecule has 0 atom stereocenters. The molecule has 1 saturated heterocycles. The molecule has 1 aromatic carbocycles. The van der Waals surface area contributed by atoms with Gasteiger partial charge in [0.15, 0.2) is 0 Å². The first kappa shape index (κ1) is 15.5. The Morgan fingerprint density at radius 2 is 1.85 bits per heavy atom. The number of nitrogens with zero attached hydrogens (tertiary/aromatic N) is 1. The predicted octanol–water partition coefficient (Wildman–Crippen LogP) is 2.31. The zero-order valence-corrected chi connectivity index (χ0v) is 12.8. The van der Waals surface area contributed by atoms with Gasteiger partial charge in [-0.05, 0) is 49.1 Å². The van der Waals surface area contributed by atoms with Crippen molar-refractivity contribution >= 4 is 27.7 Å². The summed E-state index contributed by atoms with van der Waals surface area (Å²) in [5.41, 5.74) is 6.43. The highest BCUT2D eigenvalue weighted by Gasteiger charge is 2.25. The number of sulfonamides is 1. The summed E-state index contributed by atoms with van der Waals surface area (Å²) in [4.78, 5) is 0. The average molecular weight is 315 g/mol. The lowest BCUT2D eigenvalue weighted by Gasteiger charge is -2.29. The molecule has 2 N–H and O–H groups in total. The topological polar surface area (TPSA) is 63.4 Å². The fraction of sp³-hybridized carbons (Fsp3) is 0.429. The molecule has 0 spiro atoms. The van der Waals surface area contributed by atoms with Crippen LogP contribution in [0.25, 0.3) is 6.08 Å². The molecule has 0 amide bonds. The zero-order valence-electron chi connectivity index (χ0n) is 11.2. The van der Waals surface area contributed by atoms with Crippen molar-refractivity contribution < 1.29 is 8.42 Å². The monoisotopic (exact) mass is 314 g/mol. The molecular weight excluding hydrogens is 296 g/mol. The molecule has 0 radical (unpaired) electrons. The number of halogens is 1. The minimum Gasteiger partial charge on any atom is -0.330 e. The average Bonchev–Trinajstić information content (AvgIpc) is 2.47. The summed E-state index contributed by atoms with van der Waals surface area (Å²) in [7, 11) is -3.34.